The molecule has 1 aliphatic heterocycles. The Morgan fingerprint density at radius 1 is 0.906 bits per heavy atom. The maximum Gasteiger partial charge on any atom is 0.233 e. The van der Waals surface area contributed by atoms with Crippen LogP contribution in [0.25, 0.3) is 10.9 Å². The molecule has 0 saturated carbocycles. The average molecular weight is 442 g/mol. The Bertz CT molecular complexity index is 1250. The summed E-state index contributed by atoms with van der Waals surface area (Å²) >= 11 is 1.47. The van der Waals surface area contributed by atoms with Gasteiger partial charge in [-0.2, -0.15) is 0 Å². The van der Waals surface area contributed by atoms with E-state index in [-0.39, 0.29) is 12.5 Å². The molecule has 5 rings (SSSR count). The molecule has 0 fully saturated rings. The summed E-state index contributed by atoms with van der Waals surface area (Å²) in [7, 11) is 0. The molecule has 0 unspecified atom stereocenters. The van der Waals surface area contributed by atoms with Gasteiger partial charge < -0.3 is 9.64 Å². The van der Waals surface area contributed by atoms with Gasteiger partial charge in [-0.3, -0.25) is 4.79 Å². The highest BCUT2D eigenvalue weighted by Gasteiger charge is 2.21. The predicted molar refractivity (Wildman–Crippen MR) is 127 cm³/mol. The Morgan fingerprint density at radius 3 is 2.53 bits per heavy atom. The number of carbonyl (C=O) groups is 1. The monoisotopic (exact) mass is 441 g/mol. The molecule has 2 heterocycles. The third kappa shape index (κ3) is 4.60. The smallest absolute Gasteiger partial charge is 0.233 e. The fourth-order valence-corrected chi connectivity index (χ4v) is 4.80. The molecule has 0 atom stereocenters. The number of fused-ring (bicyclic) bond motifs is 2. The minimum atomic E-state index is 0.134. The van der Waals surface area contributed by atoms with Crippen LogP contribution in [0.15, 0.2) is 83.9 Å². The van der Waals surface area contributed by atoms with Crippen LogP contribution < -0.4 is 4.74 Å². The van der Waals surface area contributed by atoms with Crippen LogP contribution in [0.4, 0.5) is 0 Å². The number of carbonyl (C=O) groups excluding carboxylic acids is 1. The van der Waals surface area contributed by atoms with Gasteiger partial charge in [0.05, 0.1) is 11.3 Å². The van der Waals surface area contributed by atoms with Gasteiger partial charge in [0, 0.05) is 18.5 Å². The lowest BCUT2D eigenvalue weighted by Gasteiger charge is -2.28. The number of para-hydroxylation sites is 2. The minimum Gasteiger partial charge on any atom is -0.486 e. The second-order valence-corrected chi connectivity index (χ2v) is 8.65. The minimum absolute atomic E-state index is 0.134. The molecule has 0 radical (unpaired) electrons. The highest BCUT2D eigenvalue weighted by Crippen LogP contribution is 2.27. The zero-order chi connectivity index (χ0) is 21.8. The summed E-state index contributed by atoms with van der Waals surface area (Å²) in [5, 5.41) is 1.77. The third-order valence-corrected chi connectivity index (χ3v) is 6.52. The zero-order valence-corrected chi connectivity index (χ0v) is 18.4. The number of aromatic nitrogens is 2. The van der Waals surface area contributed by atoms with Crippen molar-refractivity contribution in [3.05, 3.63) is 95.8 Å². The molecule has 0 bridgehead atoms. The van der Waals surface area contributed by atoms with Gasteiger partial charge in [-0.05, 0) is 35.7 Å². The van der Waals surface area contributed by atoms with Gasteiger partial charge in [0.25, 0.3) is 0 Å². The molecule has 0 N–H and O–H groups in total. The van der Waals surface area contributed by atoms with Crippen LogP contribution in [-0.4, -0.2) is 33.1 Å². The normalized spacial score (nSPS) is 13.1. The van der Waals surface area contributed by atoms with Gasteiger partial charge in [-0.15, -0.1) is 0 Å². The molecule has 6 heteroatoms. The van der Waals surface area contributed by atoms with Gasteiger partial charge in [0.1, 0.15) is 17.4 Å². The number of hydrogen-bond donors (Lipinski definition) is 0. The molecule has 5 nitrogen and oxygen atoms in total. The van der Waals surface area contributed by atoms with E-state index in [0.29, 0.717) is 18.1 Å². The van der Waals surface area contributed by atoms with Crippen molar-refractivity contribution in [3.63, 3.8) is 0 Å². The fraction of sp³-hybridized carbons (Fsp3) is 0.192. The lowest BCUT2D eigenvalue weighted by molar-refractivity contribution is -0.129. The van der Waals surface area contributed by atoms with Crippen molar-refractivity contribution in [2.45, 2.75) is 24.6 Å². The second-order valence-electron chi connectivity index (χ2n) is 7.69. The highest BCUT2D eigenvalue weighted by atomic mass is 32.2. The predicted octanol–water partition coefficient (Wildman–Crippen LogP) is 4.89. The van der Waals surface area contributed by atoms with E-state index < -0.39 is 0 Å². The van der Waals surface area contributed by atoms with Crippen LogP contribution in [0.2, 0.25) is 0 Å². The topological polar surface area (TPSA) is 55.3 Å². The quantitative estimate of drug-likeness (QED) is 0.315. The summed E-state index contributed by atoms with van der Waals surface area (Å²) in [4.78, 5) is 24.3. The van der Waals surface area contributed by atoms with Crippen LogP contribution >= 0.6 is 11.8 Å². The van der Waals surface area contributed by atoms with E-state index in [9.17, 15) is 4.79 Å². The molecule has 4 aromatic rings. The first-order chi connectivity index (χ1) is 15.8. The summed E-state index contributed by atoms with van der Waals surface area (Å²) in [5.74, 6) is 1.87. The molecule has 0 spiro atoms. The van der Waals surface area contributed by atoms with Crippen molar-refractivity contribution in [2.24, 2.45) is 0 Å². The van der Waals surface area contributed by atoms with Crippen molar-refractivity contribution in [1.82, 2.24) is 14.9 Å². The molecule has 0 aliphatic carbocycles. The van der Waals surface area contributed by atoms with E-state index in [0.717, 1.165) is 34.6 Å². The van der Waals surface area contributed by atoms with Gasteiger partial charge >= 0.3 is 0 Å². The summed E-state index contributed by atoms with van der Waals surface area (Å²) in [5.41, 5.74) is 3.44. The summed E-state index contributed by atoms with van der Waals surface area (Å²) in [6, 6.07) is 25.9. The Balaban J connectivity index is 1.30. The molecule has 3 aromatic carbocycles. The number of ether oxygens (including phenoxy) is 1. The standard InChI is InChI=1S/C26H23N3O2S/c30-25(29-15-14-19-8-4-5-9-20(19)16-29)18-32-26-22-12-6-7-13-23(22)27-24(28-26)17-31-21-10-2-1-3-11-21/h1-13H,14-18H2. The average Bonchev–Trinajstić information content (AvgIpc) is 2.86. The summed E-state index contributed by atoms with van der Waals surface area (Å²) in [6.45, 7) is 1.71. The lowest BCUT2D eigenvalue weighted by Crippen LogP contribution is -2.37. The van der Waals surface area contributed by atoms with Crippen LogP contribution in [0.3, 0.4) is 0 Å². The van der Waals surface area contributed by atoms with Crippen molar-refractivity contribution in [3.8, 4) is 5.75 Å². The maximum atomic E-state index is 12.9. The van der Waals surface area contributed by atoms with Crippen LogP contribution in [0.5, 0.6) is 5.75 Å². The van der Waals surface area contributed by atoms with E-state index in [2.05, 4.69) is 23.2 Å². The molecule has 0 saturated heterocycles. The van der Waals surface area contributed by atoms with Gasteiger partial charge in [-0.25, -0.2) is 9.97 Å². The Labute approximate surface area is 191 Å². The Kier molecular flexibility index (Phi) is 6.03. The molecule has 1 amide bonds. The van der Waals surface area contributed by atoms with Crippen molar-refractivity contribution >= 4 is 28.6 Å². The molecule has 32 heavy (non-hydrogen) atoms. The van der Waals surface area contributed by atoms with Crippen LogP contribution in [0.1, 0.15) is 17.0 Å². The summed E-state index contributed by atoms with van der Waals surface area (Å²) in [6.07, 6.45) is 0.907. The number of benzene rings is 3. The van der Waals surface area contributed by atoms with Gasteiger partial charge in [0.2, 0.25) is 5.91 Å². The van der Waals surface area contributed by atoms with Gasteiger partial charge in [-0.1, -0.05) is 72.4 Å². The highest BCUT2D eigenvalue weighted by molar-refractivity contribution is 8.00. The summed E-state index contributed by atoms with van der Waals surface area (Å²) < 4.78 is 5.84. The van der Waals surface area contributed by atoms with Crippen molar-refractivity contribution in [1.29, 1.82) is 0 Å². The number of nitrogens with zero attached hydrogens (tertiary/aromatic N) is 3. The van der Waals surface area contributed by atoms with E-state index >= 15 is 0 Å². The number of hydrogen-bond acceptors (Lipinski definition) is 5. The van der Waals surface area contributed by atoms with Crippen molar-refractivity contribution < 1.29 is 9.53 Å². The van der Waals surface area contributed by atoms with E-state index in [4.69, 9.17) is 9.72 Å². The first-order valence-corrected chi connectivity index (χ1v) is 11.7. The third-order valence-electron chi connectivity index (χ3n) is 5.54. The number of amides is 1. The maximum absolute atomic E-state index is 12.9. The Morgan fingerprint density at radius 2 is 1.66 bits per heavy atom. The molecule has 160 valence electrons. The molecular formula is C26H23N3O2S. The second kappa shape index (κ2) is 9.40. The van der Waals surface area contributed by atoms with E-state index in [1.807, 2.05) is 65.6 Å². The molecular weight excluding hydrogens is 418 g/mol. The van der Waals surface area contributed by atoms with Gasteiger partial charge in [0.15, 0.2) is 5.82 Å². The first kappa shape index (κ1) is 20.5. The SMILES string of the molecule is O=C(CSc1nc(COc2ccccc2)nc2ccccc12)N1CCc2ccccc2C1. The first-order valence-electron chi connectivity index (χ1n) is 10.7. The molecule has 1 aromatic heterocycles. The van der Waals surface area contributed by atoms with E-state index in [1.54, 1.807) is 0 Å². The Hall–Kier alpha value is -3.38. The lowest BCUT2D eigenvalue weighted by atomic mass is 10.00. The number of thioether (sulfide) groups is 1. The van der Waals surface area contributed by atoms with Crippen molar-refractivity contribution in [2.75, 3.05) is 12.3 Å². The van der Waals surface area contributed by atoms with Crippen LogP contribution in [0, 0.1) is 0 Å². The largest absolute Gasteiger partial charge is 0.486 e. The zero-order valence-electron chi connectivity index (χ0n) is 17.6. The van der Waals surface area contributed by atoms with E-state index in [1.165, 1.54) is 22.9 Å². The van der Waals surface area contributed by atoms with Crippen LogP contribution in [-0.2, 0) is 24.4 Å². The fourth-order valence-electron chi connectivity index (χ4n) is 3.86. The molecule has 1 aliphatic rings. The number of rotatable bonds is 6.